The van der Waals surface area contributed by atoms with Crippen molar-refractivity contribution >= 4 is 29.9 Å². The van der Waals surface area contributed by atoms with E-state index in [0.29, 0.717) is 0 Å². The van der Waals surface area contributed by atoms with Crippen LogP contribution in [0.15, 0.2) is 29.2 Å². The summed E-state index contributed by atoms with van der Waals surface area (Å²) in [6.07, 6.45) is 0. The fraction of sp³-hybridized carbons (Fsp3) is 0.300. The third-order valence-corrected chi connectivity index (χ3v) is 4.55. The Morgan fingerprint density at radius 2 is 1.74 bits per heavy atom. The van der Waals surface area contributed by atoms with Gasteiger partial charge < -0.3 is 0 Å². The normalized spacial score (nSPS) is 12.8. The Morgan fingerprint density at radius 3 is 2.16 bits per heavy atom. The van der Waals surface area contributed by atoms with Crippen LogP contribution in [-0.2, 0) is 19.3 Å². The van der Waals surface area contributed by atoms with Crippen LogP contribution in [0.4, 0.5) is 0 Å². The van der Waals surface area contributed by atoms with Crippen LogP contribution in [0.2, 0.25) is 0 Å². The van der Waals surface area contributed by atoms with Crippen LogP contribution >= 0.6 is 10.7 Å². The van der Waals surface area contributed by atoms with Crippen molar-refractivity contribution in [1.29, 1.82) is 0 Å². The summed E-state index contributed by atoms with van der Waals surface area (Å²) in [5.74, 6) is 0. The topological polar surface area (TPSA) is 83.6 Å². The Hall–Kier alpha value is -0.670. The second-order valence-corrected chi connectivity index (χ2v) is 7.80. The van der Waals surface area contributed by atoms with E-state index < -0.39 is 19.3 Å². The first-order valence-electron chi connectivity index (χ1n) is 5.23. The van der Waals surface area contributed by atoms with Gasteiger partial charge in [0.2, 0.25) is 10.0 Å². The molecule has 1 aromatic rings. The molecule has 19 heavy (non-hydrogen) atoms. The van der Waals surface area contributed by atoms with Crippen molar-refractivity contribution in [3.63, 3.8) is 0 Å². The van der Waals surface area contributed by atoms with Gasteiger partial charge in [-0.2, -0.15) is 17.4 Å². The number of hydrogen-bond acceptors (Lipinski definition) is 4. The minimum atomic E-state index is -4.07. The average molecular weight is 325 g/mol. The van der Waals surface area contributed by atoms with Crippen molar-refractivity contribution in [2.75, 3.05) is 6.54 Å². The van der Waals surface area contributed by atoms with E-state index in [9.17, 15) is 16.8 Å². The van der Waals surface area contributed by atoms with Crippen LogP contribution in [0.1, 0.15) is 12.5 Å². The first-order valence-corrected chi connectivity index (χ1v) is 8.98. The molecule has 0 aromatic heterocycles. The number of sulfonamides is 1. The maximum atomic E-state index is 12.2. The predicted octanol–water partition coefficient (Wildman–Crippen LogP) is 1.08. The van der Waals surface area contributed by atoms with E-state index in [1.54, 1.807) is 23.8 Å². The Bertz CT molecular complexity index is 626. The second kappa shape index (κ2) is 6.19. The lowest BCUT2D eigenvalue weighted by Gasteiger charge is -2.18. The van der Waals surface area contributed by atoms with Crippen molar-refractivity contribution in [2.24, 2.45) is 0 Å². The van der Waals surface area contributed by atoms with Crippen molar-refractivity contribution < 1.29 is 16.8 Å². The predicted molar refractivity (Wildman–Crippen MR) is 71.9 cm³/mol. The maximum Gasteiger partial charge on any atom is 0.299 e. The summed E-state index contributed by atoms with van der Waals surface area (Å²) in [5, 5.41) is 0. The molecular formula is C10H13ClN2O4S2. The molecule has 106 valence electrons. The Labute approximate surface area is 118 Å². The van der Waals surface area contributed by atoms with E-state index in [1.807, 2.05) is 13.6 Å². The zero-order valence-electron chi connectivity index (χ0n) is 10.3. The fourth-order valence-corrected chi connectivity index (χ4v) is 2.87. The first kappa shape index (κ1) is 16.4. The Morgan fingerprint density at radius 1 is 1.21 bits per heavy atom. The van der Waals surface area contributed by atoms with Crippen LogP contribution in [0.3, 0.4) is 0 Å². The van der Waals surface area contributed by atoms with E-state index in [4.69, 9.17) is 10.7 Å². The van der Waals surface area contributed by atoms with Gasteiger partial charge in [0.1, 0.15) is 0 Å². The van der Waals surface area contributed by atoms with Crippen LogP contribution in [0.25, 0.3) is 0 Å². The van der Waals surface area contributed by atoms with Gasteiger partial charge in [0.25, 0.3) is 9.24 Å². The number of aryl methyl sites for hydroxylation is 1. The van der Waals surface area contributed by atoms with Gasteiger partial charge in [0.15, 0.2) is 6.67 Å². The van der Waals surface area contributed by atoms with Crippen molar-refractivity contribution in [1.82, 2.24) is 9.03 Å². The molecule has 2 radical (unpaired) electrons. The van der Waals surface area contributed by atoms with Gasteiger partial charge in [-0.15, -0.1) is 0 Å². The number of hydrogen-bond donors (Lipinski definition) is 1. The summed E-state index contributed by atoms with van der Waals surface area (Å²) in [5.41, 5.74) is 0.913. The van der Waals surface area contributed by atoms with E-state index in [-0.39, 0.29) is 11.4 Å². The molecule has 6 nitrogen and oxygen atoms in total. The molecule has 0 atom stereocenters. The molecule has 0 bridgehead atoms. The summed E-state index contributed by atoms with van der Waals surface area (Å²) < 4.78 is 48.2. The number of benzene rings is 1. The molecule has 1 N–H and O–H groups in total. The number of nitrogens with zero attached hydrogens (tertiary/aromatic N) is 1. The van der Waals surface area contributed by atoms with Gasteiger partial charge in [0, 0.05) is 17.2 Å². The Kier molecular flexibility index (Phi) is 5.34. The molecule has 0 aliphatic rings. The summed E-state index contributed by atoms with van der Waals surface area (Å²) in [6, 6.07) is 6.16. The molecule has 0 unspecified atom stereocenters. The molecule has 0 fully saturated rings. The first-order chi connectivity index (χ1) is 8.66. The summed E-state index contributed by atoms with van der Waals surface area (Å²) in [4.78, 5) is 0.0428. The second-order valence-electron chi connectivity index (χ2n) is 3.63. The summed E-state index contributed by atoms with van der Waals surface area (Å²) in [6.45, 7) is 5.42. The molecule has 0 saturated heterocycles. The molecular weight excluding hydrogens is 312 g/mol. The zero-order chi connectivity index (χ0) is 14.7. The lowest BCUT2D eigenvalue weighted by molar-refractivity contribution is 0.472. The van der Waals surface area contributed by atoms with Crippen LogP contribution in [0, 0.1) is 13.6 Å². The SMILES string of the molecule is CCN([C]NS(=O)(=O)Cl)S(=O)(=O)c1ccc(C)cc1. The van der Waals surface area contributed by atoms with Crippen LogP contribution in [-0.4, -0.2) is 27.7 Å². The minimum Gasteiger partial charge on any atom is -0.207 e. The highest BCUT2D eigenvalue weighted by Crippen LogP contribution is 2.17. The van der Waals surface area contributed by atoms with Gasteiger partial charge in [-0.25, -0.2) is 8.42 Å². The van der Waals surface area contributed by atoms with Crippen molar-refractivity contribution in [2.45, 2.75) is 18.7 Å². The molecule has 1 aromatic carbocycles. The third kappa shape index (κ3) is 4.73. The van der Waals surface area contributed by atoms with E-state index >= 15 is 0 Å². The molecule has 9 heteroatoms. The van der Waals surface area contributed by atoms with E-state index in [1.165, 1.54) is 12.1 Å². The molecule has 0 aliphatic carbocycles. The standard InChI is InChI=1S/C10H13ClN2O4S2/c1-3-13(8-12-19(11,16)17)18(14,15)10-6-4-9(2)5-7-10/h4-7,12H,3H2,1-2H3. The molecule has 0 aliphatic heterocycles. The minimum absolute atomic E-state index is 0.00954. The van der Waals surface area contributed by atoms with Gasteiger partial charge in [-0.1, -0.05) is 24.6 Å². The van der Waals surface area contributed by atoms with Crippen LogP contribution < -0.4 is 4.72 Å². The number of rotatable bonds is 6. The highest BCUT2D eigenvalue weighted by atomic mass is 35.7. The van der Waals surface area contributed by atoms with Gasteiger partial charge in [-0.05, 0) is 19.1 Å². The highest BCUT2D eigenvalue weighted by molar-refractivity contribution is 8.12. The highest BCUT2D eigenvalue weighted by Gasteiger charge is 2.25. The number of nitrogens with one attached hydrogen (secondary N) is 1. The monoisotopic (exact) mass is 324 g/mol. The molecule has 0 heterocycles. The maximum absolute atomic E-state index is 12.2. The van der Waals surface area contributed by atoms with Gasteiger partial charge in [-0.3, -0.25) is 0 Å². The van der Waals surface area contributed by atoms with Gasteiger partial charge in [0.05, 0.1) is 4.90 Å². The lowest BCUT2D eigenvalue weighted by atomic mass is 10.2. The number of halogens is 1. The largest absolute Gasteiger partial charge is 0.299 e. The van der Waals surface area contributed by atoms with Gasteiger partial charge >= 0.3 is 0 Å². The zero-order valence-corrected chi connectivity index (χ0v) is 12.7. The quantitative estimate of drug-likeness (QED) is 0.627. The van der Waals surface area contributed by atoms with E-state index in [0.717, 1.165) is 9.87 Å². The average Bonchev–Trinajstić information content (AvgIpc) is 2.28. The summed E-state index contributed by atoms with van der Waals surface area (Å²) in [7, 11) is -3.00. The smallest absolute Gasteiger partial charge is 0.207 e. The Balaban J connectivity index is 2.99. The van der Waals surface area contributed by atoms with Crippen molar-refractivity contribution in [3.8, 4) is 0 Å². The van der Waals surface area contributed by atoms with Crippen LogP contribution in [0.5, 0.6) is 0 Å². The molecule has 1 rings (SSSR count). The molecule has 0 spiro atoms. The fourth-order valence-electron chi connectivity index (χ4n) is 1.25. The molecule has 0 saturated carbocycles. The lowest BCUT2D eigenvalue weighted by Crippen LogP contribution is -2.35. The third-order valence-electron chi connectivity index (χ3n) is 2.19. The summed E-state index contributed by atoms with van der Waals surface area (Å²) >= 11 is 0. The molecule has 0 amide bonds. The van der Waals surface area contributed by atoms with Crippen molar-refractivity contribution in [3.05, 3.63) is 36.5 Å². The van der Waals surface area contributed by atoms with E-state index in [2.05, 4.69) is 0 Å².